The summed E-state index contributed by atoms with van der Waals surface area (Å²) in [6.07, 6.45) is 0.788. The van der Waals surface area contributed by atoms with Gasteiger partial charge in [-0.1, -0.05) is 23.2 Å². The van der Waals surface area contributed by atoms with Gasteiger partial charge in [0.2, 0.25) is 10.0 Å². The Labute approximate surface area is 135 Å². The van der Waals surface area contributed by atoms with Gasteiger partial charge in [0, 0.05) is 13.0 Å². The second kappa shape index (κ2) is 7.76. The first-order valence-corrected chi connectivity index (χ1v) is 9.09. The van der Waals surface area contributed by atoms with Crippen LogP contribution in [0, 0.1) is 0 Å². The van der Waals surface area contributed by atoms with Crippen molar-refractivity contribution in [3.63, 3.8) is 0 Å². The van der Waals surface area contributed by atoms with Crippen LogP contribution in [0.5, 0.6) is 0 Å². The highest BCUT2D eigenvalue weighted by molar-refractivity contribution is 7.89. The average molecular weight is 354 g/mol. The summed E-state index contributed by atoms with van der Waals surface area (Å²) in [7, 11) is -3.53. The Morgan fingerprint density at radius 1 is 1.19 bits per heavy atom. The lowest BCUT2D eigenvalue weighted by Crippen LogP contribution is -3.14. The molecule has 1 aliphatic rings. The summed E-state index contributed by atoms with van der Waals surface area (Å²) in [4.78, 5) is 1.59. The van der Waals surface area contributed by atoms with E-state index < -0.39 is 10.0 Å². The number of quaternary nitrogens is 1. The summed E-state index contributed by atoms with van der Waals surface area (Å²) in [6, 6.07) is 4.29. The molecule has 0 unspecified atom stereocenters. The molecule has 1 aromatic carbocycles. The van der Waals surface area contributed by atoms with E-state index in [1.54, 1.807) is 0 Å². The summed E-state index contributed by atoms with van der Waals surface area (Å²) in [5.41, 5.74) is 0. The quantitative estimate of drug-likeness (QED) is 0.735. The Kier molecular flexibility index (Phi) is 6.28. The number of rotatable bonds is 6. The molecule has 5 nitrogen and oxygen atoms in total. The van der Waals surface area contributed by atoms with Crippen LogP contribution in [0.4, 0.5) is 0 Å². The minimum atomic E-state index is -3.53. The van der Waals surface area contributed by atoms with Gasteiger partial charge in [-0.2, -0.15) is 0 Å². The molecule has 1 fully saturated rings. The van der Waals surface area contributed by atoms with Crippen LogP contribution in [0.2, 0.25) is 10.0 Å². The van der Waals surface area contributed by atoms with E-state index in [0.29, 0.717) is 11.6 Å². The molecule has 1 heterocycles. The van der Waals surface area contributed by atoms with Crippen molar-refractivity contribution in [2.24, 2.45) is 0 Å². The summed E-state index contributed by atoms with van der Waals surface area (Å²) >= 11 is 11.6. The lowest BCUT2D eigenvalue weighted by atomic mass is 10.3. The highest BCUT2D eigenvalue weighted by Crippen LogP contribution is 2.24. The van der Waals surface area contributed by atoms with E-state index in [1.165, 1.54) is 23.1 Å². The largest absolute Gasteiger partial charge is 0.370 e. The van der Waals surface area contributed by atoms with E-state index in [1.807, 2.05) is 0 Å². The third kappa shape index (κ3) is 5.09. The van der Waals surface area contributed by atoms with Crippen LogP contribution >= 0.6 is 23.2 Å². The van der Waals surface area contributed by atoms with E-state index in [2.05, 4.69) is 4.72 Å². The molecular formula is C13H19Cl2N2O3S+. The van der Waals surface area contributed by atoms with Crippen molar-refractivity contribution in [1.82, 2.24) is 4.72 Å². The van der Waals surface area contributed by atoms with Crippen molar-refractivity contribution < 1.29 is 18.1 Å². The van der Waals surface area contributed by atoms with E-state index >= 15 is 0 Å². The van der Waals surface area contributed by atoms with Crippen LogP contribution in [0.1, 0.15) is 6.42 Å². The van der Waals surface area contributed by atoms with Crippen molar-refractivity contribution in [3.05, 3.63) is 28.2 Å². The van der Waals surface area contributed by atoms with Gasteiger partial charge in [0.1, 0.15) is 13.1 Å². The molecule has 0 atom stereocenters. The molecule has 0 aliphatic carbocycles. The van der Waals surface area contributed by atoms with Gasteiger partial charge in [-0.3, -0.25) is 0 Å². The average Bonchev–Trinajstić information content (AvgIpc) is 2.47. The summed E-state index contributed by atoms with van der Waals surface area (Å²) in [6.45, 7) is 4.88. The number of sulfonamides is 1. The van der Waals surface area contributed by atoms with Gasteiger partial charge in [0.25, 0.3) is 0 Å². The summed E-state index contributed by atoms with van der Waals surface area (Å²) in [5, 5.41) is 0.573. The second-order valence-corrected chi connectivity index (χ2v) is 7.52. The minimum Gasteiger partial charge on any atom is -0.370 e. The molecule has 118 valence electrons. The molecule has 1 aliphatic heterocycles. The van der Waals surface area contributed by atoms with Crippen LogP contribution in [-0.2, 0) is 14.8 Å². The first-order chi connectivity index (χ1) is 9.99. The molecule has 0 radical (unpaired) electrons. The van der Waals surface area contributed by atoms with E-state index in [9.17, 15) is 8.42 Å². The van der Waals surface area contributed by atoms with Gasteiger partial charge >= 0.3 is 0 Å². The Morgan fingerprint density at radius 2 is 1.90 bits per heavy atom. The van der Waals surface area contributed by atoms with Crippen molar-refractivity contribution in [3.8, 4) is 0 Å². The zero-order valence-corrected chi connectivity index (χ0v) is 13.9. The van der Waals surface area contributed by atoms with Crippen molar-refractivity contribution in [2.75, 3.05) is 39.4 Å². The lowest BCUT2D eigenvalue weighted by molar-refractivity contribution is -0.908. The molecule has 1 saturated heterocycles. The minimum absolute atomic E-state index is 0.135. The van der Waals surface area contributed by atoms with Crippen molar-refractivity contribution >= 4 is 33.2 Å². The third-order valence-corrected chi connectivity index (χ3v) is 5.60. The first-order valence-electron chi connectivity index (χ1n) is 6.85. The van der Waals surface area contributed by atoms with Gasteiger partial charge < -0.3 is 9.64 Å². The molecule has 0 bridgehead atoms. The number of hydrogen-bond donors (Lipinski definition) is 2. The second-order valence-electron chi connectivity index (χ2n) is 4.94. The lowest BCUT2D eigenvalue weighted by Gasteiger charge is -2.23. The van der Waals surface area contributed by atoms with Gasteiger partial charge in [-0.05, 0) is 18.2 Å². The summed E-state index contributed by atoms with van der Waals surface area (Å²) < 4.78 is 32.1. The number of halogens is 2. The molecule has 1 aromatic rings. The first kappa shape index (κ1) is 17.0. The monoisotopic (exact) mass is 353 g/mol. The maximum atomic E-state index is 12.1. The standard InChI is InChI=1S/C13H18Cl2N2O3S/c14-12-3-2-11(10-13(12)15)21(18,19)16-4-1-5-17-6-8-20-9-7-17/h2-3,10,16H,1,4-9H2/p+1. The predicted octanol–water partition coefficient (Wildman–Crippen LogP) is 0.577. The molecule has 2 rings (SSSR count). The Morgan fingerprint density at radius 3 is 2.57 bits per heavy atom. The molecule has 0 spiro atoms. The van der Waals surface area contributed by atoms with Crippen molar-refractivity contribution in [1.29, 1.82) is 0 Å². The highest BCUT2D eigenvalue weighted by Gasteiger charge is 2.16. The highest BCUT2D eigenvalue weighted by atomic mass is 35.5. The Bertz CT molecular complexity index is 575. The third-order valence-electron chi connectivity index (χ3n) is 3.40. The van der Waals surface area contributed by atoms with Gasteiger partial charge in [0.15, 0.2) is 0 Å². The molecule has 0 saturated carbocycles. The van der Waals surface area contributed by atoms with Gasteiger partial charge in [0.05, 0.1) is 34.7 Å². The summed E-state index contributed by atoms with van der Waals surface area (Å²) in [5.74, 6) is 0. The Balaban J connectivity index is 1.82. The van der Waals surface area contributed by atoms with Gasteiger partial charge in [-0.25, -0.2) is 13.1 Å². The Hall–Kier alpha value is -0.370. The molecule has 0 amide bonds. The van der Waals surface area contributed by atoms with Crippen LogP contribution in [0.15, 0.2) is 23.1 Å². The number of morpholine rings is 1. The zero-order chi connectivity index (χ0) is 15.3. The topological polar surface area (TPSA) is 59.8 Å². The molecule has 0 aromatic heterocycles. The van der Waals surface area contributed by atoms with E-state index in [4.69, 9.17) is 27.9 Å². The van der Waals surface area contributed by atoms with Crippen LogP contribution in [0.3, 0.4) is 0 Å². The van der Waals surface area contributed by atoms with Crippen LogP contribution in [0.25, 0.3) is 0 Å². The molecule has 21 heavy (non-hydrogen) atoms. The number of hydrogen-bond acceptors (Lipinski definition) is 3. The van der Waals surface area contributed by atoms with E-state index in [-0.39, 0.29) is 9.92 Å². The number of ether oxygens (including phenoxy) is 1. The predicted molar refractivity (Wildman–Crippen MR) is 82.7 cm³/mol. The molecule has 2 N–H and O–H groups in total. The van der Waals surface area contributed by atoms with Crippen LogP contribution in [-0.4, -0.2) is 47.8 Å². The zero-order valence-electron chi connectivity index (χ0n) is 11.6. The smallest absolute Gasteiger partial charge is 0.240 e. The number of benzene rings is 1. The van der Waals surface area contributed by atoms with Crippen molar-refractivity contribution in [2.45, 2.75) is 11.3 Å². The fourth-order valence-corrected chi connectivity index (χ4v) is 3.65. The fraction of sp³-hybridized carbons (Fsp3) is 0.538. The van der Waals surface area contributed by atoms with Crippen LogP contribution < -0.4 is 9.62 Å². The fourth-order valence-electron chi connectivity index (χ4n) is 2.18. The maximum absolute atomic E-state index is 12.1. The number of nitrogens with one attached hydrogen (secondary N) is 2. The SMILES string of the molecule is O=S(=O)(NCCC[NH+]1CCOCC1)c1ccc(Cl)c(Cl)c1. The van der Waals surface area contributed by atoms with E-state index in [0.717, 1.165) is 39.3 Å². The maximum Gasteiger partial charge on any atom is 0.240 e. The van der Waals surface area contributed by atoms with Gasteiger partial charge in [-0.15, -0.1) is 0 Å². The normalized spacial score (nSPS) is 17.0. The molecule has 8 heteroatoms. The molecular weight excluding hydrogens is 335 g/mol.